The maximum atomic E-state index is 11.3. The molecule has 2 atom stereocenters. The van der Waals surface area contributed by atoms with Crippen molar-refractivity contribution in [2.24, 2.45) is 0 Å². The molecular formula is C13H26N2O3. The molecule has 18 heavy (non-hydrogen) atoms. The normalized spacial score (nSPS) is 22.7. The number of likely N-dealkylation sites (N-methyl/N-ethyl adjacent to an activating group) is 1. The Kier molecular flexibility index (Phi) is 5.56. The minimum Gasteiger partial charge on any atom is -0.480 e. The third-order valence-corrected chi connectivity index (χ3v) is 4.19. The lowest BCUT2D eigenvalue weighted by atomic mass is 9.92. The number of ether oxygens (including phenoxy) is 1. The molecule has 0 saturated carbocycles. The van der Waals surface area contributed by atoms with Crippen LogP contribution in [0.1, 0.15) is 33.1 Å². The number of carbonyl (C=O) groups is 1. The van der Waals surface area contributed by atoms with Gasteiger partial charge in [-0.15, -0.1) is 0 Å². The van der Waals surface area contributed by atoms with E-state index in [0.29, 0.717) is 12.5 Å². The molecular weight excluding hydrogens is 232 g/mol. The first-order valence-electron chi connectivity index (χ1n) is 6.62. The van der Waals surface area contributed by atoms with Crippen molar-refractivity contribution in [3.8, 4) is 0 Å². The summed E-state index contributed by atoms with van der Waals surface area (Å²) in [5.74, 6) is -0.794. The van der Waals surface area contributed by atoms with Gasteiger partial charge in [0.25, 0.3) is 0 Å². The van der Waals surface area contributed by atoms with E-state index in [-0.39, 0.29) is 6.04 Å². The van der Waals surface area contributed by atoms with Gasteiger partial charge in [0.1, 0.15) is 5.54 Å². The zero-order valence-corrected chi connectivity index (χ0v) is 11.9. The predicted molar refractivity (Wildman–Crippen MR) is 70.8 cm³/mol. The summed E-state index contributed by atoms with van der Waals surface area (Å²) in [4.78, 5) is 13.6. The molecule has 2 N–H and O–H groups in total. The summed E-state index contributed by atoms with van der Waals surface area (Å²) in [6, 6.07) is 0.727. The van der Waals surface area contributed by atoms with Crippen molar-refractivity contribution in [1.82, 2.24) is 10.2 Å². The maximum Gasteiger partial charge on any atom is 0.323 e. The van der Waals surface area contributed by atoms with Gasteiger partial charge < -0.3 is 20.1 Å². The van der Waals surface area contributed by atoms with Crippen molar-refractivity contribution in [1.29, 1.82) is 0 Å². The molecule has 0 aromatic heterocycles. The van der Waals surface area contributed by atoms with Gasteiger partial charge in [0.2, 0.25) is 0 Å². The number of hydrogen-bond acceptors (Lipinski definition) is 4. The van der Waals surface area contributed by atoms with Crippen LogP contribution >= 0.6 is 0 Å². The first-order valence-corrected chi connectivity index (χ1v) is 6.62. The average Bonchev–Trinajstić information content (AvgIpc) is 2.38. The van der Waals surface area contributed by atoms with Gasteiger partial charge in [-0.05, 0) is 47.2 Å². The third-order valence-electron chi connectivity index (χ3n) is 4.19. The monoisotopic (exact) mass is 258 g/mol. The molecule has 1 aliphatic rings. The number of nitrogens with one attached hydrogen (secondary N) is 1. The number of nitrogens with zero attached hydrogens (tertiary/aromatic N) is 1. The number of rotatable bonds is 6. The standard InChI is InChI=1S/C13H26N2O3/c1-10(9-13(2,14-3)12(16)17)15(4)11-5-7-18-8-6-11/h10-11,14H,5-9H2,1-4H3,(H,16,17). The Bertz CT molecular complexity index is 279. The van der Waals surface area contributed by atoms with Crippen LogP contribution in [-0.4, -0.2) is 60.9 Å². The van der Waals surface area contributed by atoms with Crippen molar-refractivity contribution in [3.05, 3.63) is 0 Å². The maximum absolute atomic E-state index is 11.3. The average molecular weight is 258 g/mol. The van der Waals surface area contributed by atoms with E-state index in [1.807, 2.05) is 0 Å². The van der Waals surface area contributed by atoms with Crippen LogP contribution in [-0.2, 0) is 9.53 Å². The van der Waals surface area contributed by atoms with Gasteiger partial charge >= 0.3 is 5.97 Å². The van der Waals surface area contributed by atoms with Gasteiger partial charge in [-0.25, -0.2) is 0 Å². The van der Waals surface area contributed by atoms with Crippen LogP contribution in [0.2, 0.25) is 0 Å². The van der Waals surface area contributed by atoms with Gasteiger partial charge in [0, 0.05) is 25.3 Å². The summed E-state index contributed by atoms with van der Waals surface area (Å²) in [5.41, 5.74) is -0.862. The van der Waals surface area contributed by atoms with E-state index in [2.05, 4.69) is 24.2 Å². The van der Waals surface area contributed by atoms with Crippen molar-refractivity contribution in [3.63, 3.8) is 0 Å². The Morgan fingerprint density at radius 1 is 1.56 bits per heavy atom. The lowest BCUT2D eigenvalue weighted by Gasteiger charge is -2.38. The van der Waals surface area contributed by atoms with Crippen molar-refractivity contribution < 1.29 is 14.6 Å². The van der Waals surface area contributed by atoms with Gasteiger partial charge in [-0.2, -0.15) is 0 Å². The molecule has 0 bridgehead atoms. The van der Waals surface area contributed by atoms with Crippen LogP contribution in [0.5, 0.6) is 0 Å². The molecule has 1 heterocycles. The second kappa shape index (κ2) is 6.50. The smallest absolute Gasteiger partial charge is 0.323 e. The minimum atomic E-state index is -0.862. The molecule has 1 fully saturated rings. The zero-order chi connectivity index (χ0) is 13.8. The summed E-state index contributed by atoms with van der Waals surface area (Å²) in [7, 11) is 3.79. The van der Waals surface area contributed by atoms with E-state index in [1.54, 1.807) is 14.0 Å². The molecule has 1 aliphatic heterocycles. The van der Waals surface area contributed by atoms with Crippen molar-refractivity contribution >= 4 is 5.97 Å². The fourth-order valence-electron chi connectivity index (χ4n) is 2.48. The van der Waals surface area contributed by atoms with Crippen molar-refractivity contribution in [2.75, 3.05) is 27.3 Å². The Labute approximate surface area is 109 Å². The van der Waals surface area contributed by atoms with Gasteiger partial charge in [0.15, 0.2) is 0 Å². The summed E-state index contributed by atoms with van der Waals surface area (Å²) < 4.78 is 5.36. The van der Waals surface area contributed by atoms with Crippen LogP contribution in [0, 0.1) is 0 Å². The lowest BCUT2D eigenvalue weighted by molar-refractivity contribution is -0.144. The molecule has 1 saturated heterocycles. The van der Waals surface area contributed by atoms with Crippen LogP contribution in [0.25, 0.3) is 0 Å². The second-order valence-corrected chi connectivity index (χ2v) is 5.45. The Morgan fingerprint density at radius 3 is 2.56 bits per heavy atom. The first kappa shape index (κ1) is 15.4. The summed E-state index contributed by atoms with van der Waals surface area (Å²) in [5, 5.41) is 12.2. The number of hydrogen-bond donors (Lipinski definition) is 2. The highest BCUT2D eigenvalue weighted by molar-refractivity contribution is 5.78. The van der Waals surface area contributed by atoms with E-state index >= 15 is 0 Å². The zero-order valence-electron chi connectivity index (χ0n) is 11.9. The summed E-state index contributed by atoms with van der Waals surface area (Å²) in [6.07, 6.45) is 2.65. The quantitative estimate of drug-likeness (QED) is 0.742. The largest absolute Gasteiger partial charge is 0.480 e. The van der Waals surface area contributed by atoms with Gasteiger partial charge in [0.05, 0.1) is 0 Å². The molecule has 1 rings (SSSR count). The van der Waals surface area contributed by atoms with Crippen LogP contribution in [0.3, 0.4) is 0 Å². The van der Waals surface area contributed by atoms with E-state index in [1.165, 1.54) is 0 Å². The number of carboxylic acid groups (broad SMARTS) is 1. The Balaban J connectivity index is 2.57. The molecule has 0 aromatic rings. The fourth-order valence-corrected chi connectivity index (χ4v) is 2.48. The topological polar surface area (TPSA) is 61.8 Å². The molecule has 0 aliphatic carbocycles. The highest BCUT2D eigenvalue weighted by Gasteiger charge is 2.35. The minimum absolute atomic E-state index is 0.224. The van der Waals surface area contributed by atoms with E-state index in [9.17, 15) is 9.90 Å². The molecule has 0 aromatic carbocycles. The third kappa shape index (κ3) is 3.67. The predicted octanol–water partition coefficient (Wildman–Crippen LogP) is 0.939. The SMILES string of the molecule is CNC(C)(CC(C)N(C)C1CCOCC1)C(=O)O. The molecule has 106 valence electrons. The molecule has 5 nitrogen and oxygen atoms in total. The highest BCUT2D eigenvalue weighted by atomic mass is 16.5. The van der Waals surface area contributed by atoms with Crippen molar-refractivity contribution in [2.45, 2.75) is 50.7 Å². The molecule has 0 spiro atoms. The molecule has 0 amide bonds. The number of carboxylic acids is 1. The van der Waals surface area contributed by atoms with E-state index in [4.69, 9.17) is 4.74 Å². The molecule has 5 heteroatoms. The molecule has 0 radical (unpaired) electrons. The number of aliphatic carboxylic acids is 1. The highest BCUT2D eigenvalue weighted by Crippen LogP contribution is 2.21. The van der Waals surface area contributed by atoms with Crippen LogP contribution < -0.4 is 5.32 Å². The lowest BCUT2D eigenvalue weighted by Crippen LogP contribution is -2.53. The summed E-state index contributed by atoms with van der Waals surface area (Å²) in [6.45, 7) is 5.45. The second-order valence-electron chi connectivity index (χ2n) is 5.45. The van der Waals surface area contributed by atoms with E-state index in [0.717, 1.165) is 26.1 Å². The van der Waals surface area contributed by atoms with Crippen LogP contribution in [0.4, 0.5) is 0 Å². The van der Waals surface area contributed by atoms with E-state index < -0.39 is 11.5 Å². The van der Waals surface area contributed by atoms with Gasteiger partial charge in [-0.3, -0.25) is 4.79 Å². The van der Waals surface area contributed by atoms with Crippen LogP contribution in [0.15, 0.2) is 0 Å². The summed E-state index contributed by atoms with van der Waals surface area (Å²) >= 11 is 0. The fraction of sp³-hybridized carbons (Fsp3) is 0.923. The first-order chi connectivity index (χ1) is 8.40. The molecule has 2 unspecified atom stereocenters. The van der Waals surface area contributed by atoms with Gasteiger partial charge in [-0.1, -0.05) is 0 Å². The Hall–Kier alpha value is -0.650. The Morgan fingerprint density at radius 2 is 2.11 bits per heavy atom.